The van der Waals surface area contributed by atoms with Crippen LogP contribution in [0.1, 0.15) is 0 Å². The summed E-state index contributed by atoms with van der Waals surface area (Å²) < 4.78 is 0.951. The second-order valence-corrected chi connectivity index (χ2v) is 4.01. The Morgan fingerprint density at radius 2 is 1.29 bits per heavy atom. The van der Waals surface area contributed by atoms with E-state index in [-0.39, 0.29) is 63.8 Å². The van der Waals surface area contributed by atoms with Gasteiger partial charge < -0.3 is 32.5 Å². The number of carbonyl (C=O) groups is 2. The maximum absolute atomic E-state index is 9.47. The fourth-order valence-electron chi connectivity index (χ4n) is 0.774. The van der Waals surface area contributed by atoms with Crippen LogP contribution >= 0.6 is 0 Å². The molecule has 1 amide bonds. The molecule has 0 aliphatic heterocycles. The van der Waals surface area contributed by atoms with E-state index in [9.17, 15) is 4.79 Å². The summed E-state index contributed by atoms with van der Waals surface area (Å²) in [5, 5.41) is 9.14. The predicted octanol–water partition coefficient (Wildman–Crippen LogP) is -5.98. The first-order valence-corrected chi connectivity index (χ1v) is 5.45. The molecule has 0 saturated heterocycles. The van der Waals surface area contributed by atoms with E-state index >= 15 is 0 Å². The van der Waals surface area contributed by atoms with Gasteiger partial charge in [0.05, 0.1) is 33.2 Å². The van der Waals surface area contributed by atoms with Crippen LogP contribution in [0.2, 0.25) is 0 Å². The molecular weight excluding hydrogens is 319 g/mol. The molecule has 7 heteroatoms. The van der Waals surface area contributed by atoms with Gasteiger partial charge in [-0.3, -0.25) is 4.79 Å². The van der Waals surface area contributed by atoms with Crippen LogP contribution < -0.4 is 74.6 Å². The van der Waals surface area contributed by atoms with Gasteiger partial charge in [-0.25, -0.2) is 0 Å². The van der Waals surface area contributed by atoms with Crippen molar-refractivity contribution in [3.05, 3.63) is 50.6 Å². The molecule has 0 radical (unpaired) electrons. The molecule has 0 aromatic rings. The Morgan fingerprint density at radius 3 is 1.38 bits per heavy atom. The summed E-state index contributed by atoms with van der Waals surface area (Å²) >= 11 is 0. The molecule has 0 saturated carbocycles. The minimum Gasteiger partial charge on any atom is -1.00 e. The Balaban J connectivity index is -0.0000000622. The van der Waals surface area contributed by atoms with Gasteiger partial charge in [0.15, 0.2) is 0 Å². The summed E-state index contributed by atoms with van der Waals surface area (Å²) in [6.45, 7) is 15.4. The number of nitrogens with two attached hydrogens (primary N) is 1. The molecule has 0 unspecified atom stereocenters. The number of amides is 1. The molecule has 0 atom stereocenters. The number of aliphatic carboxylic acids is 1. The molecule has 0 fully saturated rings. The van der Waals surface area contributed by atoms with E-state index in [2.05, 4.69) is 46.1 Å². The van der Waals surface area contributed by atoms with E-state index in [1.54, 1.807) is 0 Å². The maximum Gasteiger partial charge on any atom is 1.00 e. The van der Waals surface area contributed by atoms with Crippen molar-refractivity contribution in [3.63, 3.8) is 0 Å². The van der Waals surface area contributed by atoms with Gasteiger partial charge in [0.25, 0.3) is 0 Å². The molecule has 2 N–H and O–H groups in total. The van der Waals surface area contributed by atoms with Crippen molar-refractivity contribution in [1.29, 1.82) is 0 Å². The van der Waals surface area contributed by atoms with Gasteiger partial charge in [-0.1, -0.05) is 26.3 Å². The van der Waals surface area contributed by atoms with E-state index in [0.29, 0.717) is 0 Å². The van der Waals surface area contributed by atoms with Crippen molar-refractivity contribution in [2.24, 2.45) is 5.73 Å². The summed E-state index contributed by atoms with van der Waals surface area (Å²) in [7, 11) is 4.31. The number of rotatable bonds is 6. The van der Waals surface area contributed by atoms with Gasteiger partial charge >= 0.3 is 51.4 Å². The van der Waals surface area contributed by atoms with Crippen molar-refractivity contribution < 1.29 is 83.0 Å². The Hall–Kier alpha value is -0.214. The number of hydrogen-bond acceptors (Lipinski definition) is 3. The third-order valence-corrected chi connectivity index (χ3v) is 1.61. The number of nitrogens with zero attached hydrogens (tertiary/aromatic N) is 1. The third kappa shape index (κ3) is 45.1. The van der Waals surface area contributed by atoms with Crippen LogP contribution in [-0.4, -0.2) is 43.5 Å². The standard InChI is InChI=1S/C8H16N.C3H5NO.C3H4O2.ClH.K/c1-5-7-9(3,4)8-6-2;2*1-2-3(4)5;;/h5-6H,1-2,7-8H2,3-4H3;2H,1H2,(H2,4,5);2H,1H2,(H,4,5);1H;/q+1;;;;+1/p-2. The van der Waals surface area contributed by atoms with Crippen molar-refractivity contribution in [2.45, 2.75) is 0 Å². The molecule has 0 spiro atoms. The molecule has 5 nitrogen and oxygen atoms in total. The van der Waals surface area contributed by atoms with Crippen LogP contribution in [-0.2, 0) is 9.59 Å². The fourth-order valence-corrected chi connectivity index (χ4v) is 0.774. The number of quaternary nitrogens is 1. The zero-order chi connectivity index (χ0) is 15.9. The summed E-state index contributed by atoms with van der Waals surface area (Å²) in [4.78, 5) is 18.6. The van der Waals surface area contributed by atoms with Gasteiger partial charge in [0, 0.05) is 0 Å². The minimum absolute atomic E-state index is 0. The van der Waals surface area contributed by atoms with Crippen molar-refractivity contribution in [3.8, 4) is 0 Å². The Kier molecular flexibility index (Phi) is 34.3. The topological polar surface area (TPSA) is 83.2 Å². The predicted molar refractivity (Wildman–Crippen MR) is 76.8 cm³/mol. The second-order valence-electron chi connectivity index (χ2n) is 4.01. The van der Waals surface area contributed by atoms with Gasteiger partial charge in [-0.2, -0.15) is 0 Å². The first-order valence-electron chi connectivity index (χ1n) is 5.45. The summed E-state index contributed by atoms with van der Waals surface area (Å²) in [6, 6.07) is 0. The average molecular weight is 343 g/mol. The third-order valence-electron chi connectivity index (χ3n) is 1.61. The summed E-state index contributed by atoms with van der Waals surface area (Å²) in [6.07, 6.45) is 5.65. The first kappa shape index (κ1) is 32.7. The Bertz CT molecular complexity index is 302. The largest absolute Gasteiger partial charge is 1.00 e. The van der Waals surface area contributed by atoms with Crippen LogP contribution in [0, 0.1) is 0 Å². The molecule has 0 bridgehead atoms. The van der Waals surface area contributed by atoms with Gasteiger partial charge in [0.2, 0.25) is 5.91 Å². The second kappa shape index (κ2) is 22.1. The smallest absolute Gasteiger partial charge is 1.00 e. The number of carbonyl (C=O) groups excluding carboxylic acids is 2. The van der Waals surface area contributed by atoms with Crippen LogP contribution in [0.25, 0.3) is 0 Å². The van der Waals surface area contributed by atoms with Crippen molar-refractivity contribution in [1.82, 2.24) is 0 Å². The molecular formula is C14H24ClKN2O3. The Labute approximate surface area is 176 Å². The van der Waals surface area contributed by atoms with Crippen LogP contribution in [0.3, 0.4) is 0 Å². The molecule has 0 rings (SSSR count). The molecule has 0 heterocycles. The average Bonchev–Trinajstić information content (AvgIpc) is 2.30. The molecule has 0 aliphatic carbocycles. The normalized spacial score (nSPS) is 7.71. The first-order chi connectivity index (χ1) is 8.66. The minimum atomic E-state index is -1.23. The van der Waals surface area contributed by atoms with Crippen LogP contribution in [0.15, 0.2) is 50.6 Å². The Morgan fingerprint density at radius 1 is 1.05 bits per heavy atom. The van der Waals surface area contributed by atoms with E-state index in [0.717, 1.165) is 29.7 Å². The van der Waals surface area contributed by atoms with Gasteiger partial charge in [0.1, 0.15) is 0 Å². The van der Waals surface area contributed by atoms with Gasteiger partial charge in [-0.05, 0) is 24.3 Å². The maximum atomic E-state index is 9.47. The SMILES string of the molecule is C=CC(=O)[O-].C=CC(N)=O.C=CC[N+](C)(C)CC=C.[Cl-].[K+]. The molecule has 0 aliphatic rings. The fraction of sp³-hybridized carbons (Fsp3) is 0.286. The molecule has 0 aromatic heterocycles. The molecule has 0 aromatic carbocycles. The van der Waals surface area contributed by atoms with E-state index in [1.807, 2.05) is 12.2 Å². The number of carboxylic acid groups (broad SMARTS) is 1. The summed E-state index contributed by atoms with van der Waals surface area (Å²) in [5.74, 6) is -1.71. The zero-order valence-electron chi connectivity index (χ0n) is 13.2. The van der Waals surface area contributed by atoms with Crippen LogP contribution in [0.4, 0.5) is 0 Å². The van der Waals surface area contributed by atoms with E-state index in [4.69, 9.17) is 9.90 Å². The number of halogens is 1. The number of hydrogen-bond donors (Lipinski definition) is 1. The zero-order valence-corrected chi connectivity index (χ0v) is 17.1. The van der Waals surface area contributed by atoms with Crippen molar-refractivity contribution in [2.75, 3.05) is 27.2 Å². The summed E-state index contributed by atoms with van der Waals surface area (Å²) in [5.41, 5.74) is 4.53. The monoisotopic (exact) mass is 342 g/mol. The molecule has 116 valence electrons. The number of carboxylic acids is 1. The number of likely N-dealkylation sites (N-methyl/N-ethyl adjacent to an activating group) is 1. The number of primary amides is 1. The quantitative estimate of drug-likeness (QED) is 0.226. The van der Waals surface area contributed by atoms with Crippen LogP contribution in [0.5, 0.6) is 0 Å². The molecule has 21 heavy (non-hydrogen) atoms. The van der Waals surface area contributed by atoms with Gasteiger partial charge in [-0.15, -0.1) is 0 Å². The van der Waals surface area contributed by atoms with Crippen molar-refractivity contribution >= 4 is 11.9 Å². The van der Waals surface area contributed by atoms with E-state index in [1.165, 1.54) is 0 Å². The van der Waals surface area contributed by atoms with E-state index < -0.39 is 11.9 Å².